The van der Waals surface area contributed by atoms with Crippen LogP contribution in [-0.4, -0.2) is 36.7 Å². The number of halogens is 1. The third-order valence-corrected chi connectivity index (χ3v) is 8.13. The van der Waals surface area contributed by atoms with Crippen molar-refractivity contribution in [2.24, 2.45) is 5.92 Å². The number of hydrogen-bond acceptors (Lipinski definition) is 5. The number of sulfonamides is 1. The highest BCUT2D eigenvalue weighted by Gasteiger charge is 2.32. The van der Waals surface area contributed by atoms with Crippen LogP contribution in [0.5, 0.6) is 0 Å². The van der Waals surface area contributed by atoms with Gasteiger partial charge in [0.15, 0.2) is 5.58 Å². The molecule has 1 N–H and O–H groups in total. The van der Waals surface area contributed by atoms with Crippen LogP contribution >= 0.6 is 11.6 Å². The zero-order valence-corrected chi connectivity index (χ0v) is 19.7. The Balaban J connectivity index is 1.19. The smallest absolute Gasteiger partial charge is 0.243 e. The van der Waals surface area contributed by atoms with Crippen molar-refractivity contribution in [3.05, 3.63) is 77.8 Å². The molecule has 0 saturated carbocycles. The number of hydrogen-bond donors (Lipinski definition) is 1. The molecule has 0 atom stereocenters. The number of piperidine rings is 1. The van der Waals surface area contributed by atoms with E-state index in [9.17, 15) is 13.2 Å². The lowest BCUT2D eigenvalue weighted by Crippen LogP contribution is -2.41. The molecular formula is C25H22ClN3O4S. The number of aromatic nitrogens is 1. The maximum Gasteiger partial charge on any atom is 0.243 e. The van der Waals surface area contributed by atoms with E-state index in [1.54, 1.807) is 12.1 Å². The van der Waals surface area contributed by atoms with Crippen LogP contribution in [0.15, 0.2) is 82.1 Å². The quantitative estimate of drug-likeness (QED) is 0.411. The minimum absolute atomic E-state index is 0.113. The lowest BCUT2D eigenvalue weighted by molar-refractivity contribution is -0.120. The van der Waals surface area contributed by atoms with Gasteiger partial charge in [-0.2, -0.15) is 4.31 Å². The molecule has 4 aromatic rings. The number of benzene rings is 3. The molecule has 0 unspecified atom stereocenters. The van der Waals surface area contributed by atoms with Gasteiger partial charge in [-0.1, -0.05) is 23.7 Å². The predicted molar refractivity (Wildman–Crippen MR) is 131 cm³/mol. The Bertz CT molecular complexity index is 1390. The first-order valence-corrected chi connectivity index (χ1v) is 12.7. The van der Waals surface area contributed by atoms with Crippen LogP contribution in [0.2, 0.25) is 5.02 Å². The Labute approximate surface area is 202 Å². The van der Waals surface area contributed by atoms with Crippen molar-refractivity contribution in [3.8, 4) is 11.5 Å². The van der Waals surface area contributed by atoms with Crippen molar-refractivity contribution < 1.29 is 17.6 Å². The molecule has 0 spiro atoms. The van der Waals surface area contributed by atoms with Crippen LogP contribution in [0.4, 0.5) is 5.69 Å². The third-order valence-electron chi connectivity index (χ3n) is 5.97. The van der Waals surface area contributed by atoms with Gasteiger partial charge in [0, 0.05) is 35.3 Å². The van der Waals surface area contributed by atoms with Crippen molar-refractivity contribution >= 4 is 44.3 Å². The average molecular weight is 496 g/mol. The van der Waals surface area contributed by atoms with Gasteiger partial charge in [-0.05, 0) is 73.5 Å². The second-order valence-electron chi connectivity index (χ2n) is 8.19. The van der Waals surface area contributed by atoms with E-state index < -0.39 is 10.0 Å². The van der Waals surface area contributed by atoms with Gasteiger partial charge in [0.2, 0.25) is 21.8 Å². The lowest BCUT2D eigenvalue weighted by atomic mass is 9.97. The second kappa shape index (κ2) is 9.21. The lowest BCUT2D eigenvalue weighted by Gasteiger charge is -2.30. The van der Waals surface area contributed by atoms with E-state index >= 15 is 0 Å². The zero-order chi connectivity index (χ0) is 23.7. The molecule has 1 aliphatic rings. The summed E-state index contributed by atoms with van der Waals surface area (Å²) in [6.45, 7) is 0.583. The van der Waals surface area contributed by atoms with Crippen LogP contribution in [-0.2, 0) is 14.8 Å². The Hall–Kier alpha value is -3.20. The summed E-state index contributed by atoms with van der Waals surface area (Å²) in [4.78, 5) is 17.5. The standard InChI is InChI=1S/C25H22ClN3O4S/c26-19-7-11-21(12-8-19)34(31,32)29-15-13-17(14-16-29)24(30)27-20-9-5-18(6-10-20)25-28-22-3-1-2-4-23(22)33-25/h1-12,17H,13-16H2,(H,27,30). The van der Waals surface area contributed by atoms with Crippen LogP contribution in [0.1, 0.15) is 12.8 Å². The van der Waals surface area contributed by atoms with Crippen LogP contribution < -0.4 is 5.32 Å². The predicted octanol–water partition coefficient (Wildman–Crippen LogP) is 5.19. The third kappa shape index (κ3) is 4.57. The van der Waals surface area contributed by atoms with Gasteiger partial charge in [-0.15, -0.1) is 0 Å². The zero-order valence-electron chi connectivity index (χ0n) is 18.1. The minimum atomic E-state index is -3.60. The number of para-hydroxylation sites is 2. The summed E-state index contributed by atoms with van der Waals surface area (Å²) in [5, 5.41) is 3.42. The Morgan fingerprint density at radius 3 is 2.32 bits per heavy atom. The number of nitrogens with one attached hydrogen (secondary N) is 1. The highest BCUT2D eigenvalue weighted by atomic mass is 35.5. The highest BCUT2D eigenvalue weighted by molar-refractivity contribution is 7.89. The van der Waals surface area contributed by atoms with Crippen molar-refractivity contribution in [2.45, 2.75) is 17.7 Å². The Morgan fingerprint density at radius 2 is 1.65 bits per heavy atom. The fourth-order valence-corrected chi connectivity index (χ4v) is 5.65. The molecule has 2 heterocycles. The fraction of sp³-hybridized carbons (Fsp3) is 0.200. The number of carbonyl (C=O) groups is 1. The normalized spacial score (nSPS) is 15.4. The van der Waals surface area contributed by atoms with E-state index in [4.69, 9.17) is 16.0 Å². The maximum atomic E-state index is 12.8. The van der Waals surface area contributed by atoms with Gasteiger partial charge in [0.1, 0.15) is 5.52 Å². The molecule has 0 radical (unpaired) electrons. The number of rotatable bonds is 5. The number of carbonyl (C=O) groups excluding carboxylic acids is 1. The topological polar surface area (TPSA) is 92.5 Å². The number of amides is 1. The molecular weight excluding hydrogens is 474 g/mol. The van der Waals surface area contributed by atoms with Gasteiger partial charge in [-0.3, -0.25) is 4.79 Å². The first kappa shape index (κ1) is 22.6. The van der Waals surface area contributed by atoms with Crippen LogP contribution in [0, 0.1) is 5.92 Å². The molecule has 1 amide bonds. The summed E-state index contributed by atoms with van der Waals surface area (Å²) in [5.74, 6) is 0.153. The van der Waals surface area contributed by atoms with Gasteiger partial charge in [0.05, 0.1) is 4.90 Å². The minimum Gasteiger partial charge on any atom is -0.436 e. The van der Waals surface area contributed by atoms with Crippen molar-refractivity contribution in [1.29, 1.82) is 0 Å². The molecule has 3 aromatic carbocycles. The summed E-state index contributed by atoms with van der Waals surface area (Å²) >= 11 is 5.86. The molecule has 1 aromatic heterocycles. The van der Waals surface area contributed by atoms with E-state index in [-0.39, 0.29) is 16.7 Å². The van der Waals surface area contributed by atoms with Gasteiger partial charge >= 0.3 is 0 Å². The van der Waals surface area contributed by atoms with Crippen molar-refractivity contribution in [3.63, 3.8) is 0 Å². The molecule has 1 saturated heterocycles. The second-order valence-corrected chi connectivity index (χ2v) is 10.6. The fourth-order valence-electron chi connectivity index (χ4n) is 4.05. The van der Waals surface area contributed by atoms with Gasteiger partial charge in [0.25, 0.3) is 0 Å². The Morgan fingerprint density at radius 1 is 0.971 bits per heavy atom. The van der Waals surface area contributed by atoms with Gasteiger partial charge in [-0.25, -0.2) is 13.4 Å². The first-order chi connectivity index (χ1) is 16.4. The van der Waals surface area contributed by atoms with E-state index in [1.165, 1.54) is 16.4 Å². The molecule has 7 nitrogen and oxygen atoms in total. The summed E-state index contributed by atoms with van der Waals surface area (Å²) in [6, 6.07) is 21.0. The molecule has 9 heteroatoms. The summed E-state index contributed by atoms with van der Waals surface area (Å²) < 4.78 is 32.9. The van der Waals surface area contributed by atoms with Crippen molar-refractivity contribution in [1.82, 2.24) is 9.29 Å². The molecule has 5 rings (SSSR count). The highest BCUT2D eigenvalue weighted by Crippen LogP contribution is 2.27. The summed E-state index contributed by atoms with van der Waals surface area (Å²) in [7, 11) is -3.60. The number of anilines is 1. The molecule has 0 bridgehead atoms. The summed E-state index contributed by atoms with van der Waals surface area (Å²) in [6.07, 6.45) is 0.916. The molecule has 1 fully saturated rings. The van der Waals surface area contributed by atoms with E-state index in [0.29, 0.717) is 42.5 Å². The number of fused-ring (bicyclic) bond motifs is 1. The molecule has 1 aliphatic heterocycles. The monoisotopic (exact) mass is 495 g/mol. The summed E-state index contributed by atoms with van der Waals surface area (Å²) in [5.41, 5.74) is 2.99. The SMILES string of the molecule is O=C(Nc1ccc(-c2nc3ccccc3o2)cc1)C1CCN(S(=O)(=O)c2ccc(Cl)cc2)CC1. The maximum absolute atomic E-state index is 12.8. The van der Waals surface area contributed by atoms with Crippen LogP contribution in [0.25, 0.3) is 22.6 Å². The van der Waals surface area contributed by atoms with E-state index in [2.05, 4.69) is 10.3 Å². The average Bonchev–Trinajstić information content (AvgIpc) is 3.29. The Kier molecular flexibility index (Phi) is 6.12. The van der Waals surface area contributed by atoms with E-state index in [1.807, 2.05) is 48.5 Å². The number of nitrogens with zero attached hydrogens (tertiary/aromatic N) is 2. The largest absolute Gasteiger partial charge is 0.436 e. The molecule has 174 valence electrons. The van der Waals surface area contributed by atoms with Crippen molar-refractivity contribution in [2.75, 3.05) is 18.4 Å². The van der Waals surface area contributed by atoms with Gasteiger partial charge < -0.3 is 9.73 Å². The number of oxazole rings is 1. The van der Waals surface area contributed by atoms with Crippen LogP contribution in [0.3, 0.4) is 0 Å². The molecule has 34 heavy (non-hydrogen) atoms. The van der Waals surface area contributed by atoms with E-state index in [0.717, 1.165) is 16.7 Å². The molecule has 0 aliphatic carbocycles. The first-order valence-electron chi connectivity index (χ1n) is 10.9.